The Morgan fingerprint density at radius 2 is 2.26 bits per heavy atom. The molecule has 0 bridgehead atoms. The molecule has 0 aliphatic rings. The summed E-state index contributed by atoms with van der Waals surface area (Å²) in [5, 5.41) is 8.92. The maximum absolute atomic E-state index is 13.0. The van der Waals surface area contributed by atoms with Crippen LogP contribution in [0.4, 0.5) is 8.78 Å². The van der Waals surface area contributed by atoms with Crippen molar-refractivity contribution in [2.24, 2.45) is 0 Å². The van der Waals surface area contributed by atoms with E-state index in [2.05, 4.69) is 9.72 Å². The summed E-state index contributed by atoms with van der Waals surface area (Å²) in [6.07, 6.45) is -2.17. The van der Waals surface area contributed by atoms with E-state index in [9.17, 15) is 13.6 Å². The third kappa shape index (κ3) is 3.37. The number of carbonyl (C=O) groups excluding carboxylic acids is 1. The first-order chi connectivity index (χ1) is 9.04. The summed E-state index contributed by atoms with van der Waals surface area (Å²) in [7, 11) is 1.23. The van der Waals surface area contributed by atoms with Gasteiger partial charge in [-0.25, -0.2) is 13.8 Å². The van der Waals surface area contributed by atoms with E-state index in [-0.39, 0.29) is 30.0 Å². The third-order valence-electron chi connectivity index (χ3n) is 2.33. The number of hydrogen-bond acceptors (Lipinski definition) is 5. The monoisotopic (exact) mass is 270 g/mol. The molecule has 102 valence electrons. The van der Waals surface area contributed by atoms with Crippen molar-refractivity contribution in [2.45, 2.75) is 19.8 Å². The molecule has 0 fully saturated rings. The molecule has 0 aromatic carbocycles. The van der Waals surface area contributed by atoms with Gasteiger partial charge in [-0.2, -0.15) is 5.26 Å². The molecule has 1 rings (SSSR count). The molecular weight excluding hydrogens is 258 g/mol. The van der Waals surface area contributed by atoms with E-state index in [4.69, 9.17) is 10.00 Å². The van der Waals surface area contributed by atoms with Crippen molar-refractivity contribution in [1.82, 2.24) is 4.98 Å². The van der Waals surface area contributed by atoms with E-state index >= 15 is 0 Å². The van der Waals surface area contributed by atoms with Crippen molar-refractivity contribution in [1.29, 1.82) is 5.26 Å². The van der Waals surface area contributed by atoms with Crippen LogP contribution < -0.4 is 4.74 Å². The Balaban J connectivity index is 3.25. The van der Waals surface area contributed by atoms with E-state index in [1.807, 2.05) is 0 Å². The first-order valence-electron chi connectivity index (χ1n) is 5.44. The fourth-order valence-electron chi connectivity index (χ4n) is 1.57. The van der Waals surface area contributed by atoms with E-state index in [0.29, 0.717) is 0 Å². The number of rotatable bonds is 5. The van der Waals surface area contributed by atoms with Crippen LogP contribution in [0.15, 0.2) is 6.20 Å². The lowest BCUT2D eigenvalue weighted by molar-refractivity contribution is -0.142. The predicted molar refractivity (Wildman–Crippen MR) is 60.8 cm³/mol. The lowest BCUT2D eigenvalue weighted by Gasteiger charge is -2.12. The zero-order valence-corrected chi connectivity index (χ0v) is 10.4. The van der Waals surface area contributed by atoms with Gasteiger partial charge in [0.25, 0.3) is 6.43 Å². The highest BCUT2D eigenvalue weighted by atomic mass is 19.3. The summed E-state index contributed by atoms with van der Waals surface area (Å²) >= 11 is 0. The SMILES string of the molecule is CCOC(=O)Cc1cnc(OC)c(C#N)c1C(F)F. The average molecular weight is 270 g/mol. The number of carbonyl (C=O) groups is 1. The minimum absolute atomic E-state index is 0.0363. The lowest BCUT2D eigenvalue weighted by Crippen LogP contribution is -2.11. The molecule has 0 atom stereocenters. The Morgan fingerprint density at radius 3 is 2.74 bits per heavy atom. The predicted octanol–water partition coefficient (Wildman–Crippen LogP) is 2.01. The van der Waals surface area contributed by atoms with Crippen LogP contribution in [0.1, 0.15) is 30.0 Å². The zero-order chi connectivity index (χ0) is 14.4. The minimum Gasteiger partial charge on any atom is -0.480 e. The molecule has 0 aliphatic carbocycles. The standard InChI is InChI=1S/C12H12F2N2O3/c1-3-19-9(17)4-7-6-16-12(18-2)8(5-15)10(7)11(13)14/h6,11H,3-4H2,1-2H3. The molecule has 7 heteroatoms. The number of ether oxygens (including phenoxy) is 2. The normalized spacial score (nSPS) is 10.1. The zero-order valence-electron chi connectivity index (χ0n) is 10.4. The summed E-state index contributed by atoms with van der Waals surface area (Å²) in [5.74, 6) is -0.842. The molecule has 1 aromatic heterocycles. The van der Waals surface area contributed by atoms with Gasteiger partial charge >= 0.3 is 5.97 Å². The van der Waals surface area contributed by atoms with Crippen molar-refractivity contribution in [2.75, 3.05) is 13.7 Å². The number of aromatic nitrogens is 1. The molecule has 0 saturated carbocycles. The topological polar surface area (TPSA) is 72.2 Å². The Bertz CT molecular complexity index is 512. The number of nitriles is 1. The van der Waals surface area contributed by atoms with Crippen LogP contribution in [0.3, 0.4) is 0 Å². The highest BCUT2D eigenvalue weighted by Gasteiger charge is 2.24. The van der Waals surface area contributed by atoms with Gasteiger partial charge in [-0.3, -0.25) is 4.79 Å². The Kier molecular flexibility index (Phi) is 5.18. The highest BCUT2D eigenvalue weighted by Crippen LogP contribution is 2.31. The average Bonchev–Trinajstić information content (AvgIpc) is 2.37. The van der Waals surface area contributed by atoms with Gasteiger partial charge in [0.1, 0.15) is 11.6 Å². The second kappa shape index (κ2) is 6.64. The number of halogens is 2. The molecule has 19 heavy (non-hydrogen) atoms. The highest BCUT2D eigenvalue weighted by molar-refractivity contribution is 5.73. The van der Waals surface area contributed by atoms with Crippen LogP contribution in [0.5, 0.6) is 5.88 Å². The fourth-order valence-corrected chi connectivity index (χ4v) is 1.57. The van der Waals surface area contributed by atoms with Gasteiger partial charge in [0.15, 0.2) is 0 Å². The molecule has 1 heterocycles. The molecule has 1 aromatic rings. The third-order valence-corrected chi connectivity index (χ3v) is 2.33. The van der Waals surface area contributed by atoms with E-state index in [1.54, 1.807) is 13.0 Å². The summed E-state index contributed by atoms with van der Waals surface area (Å²) in [5.41, 5.74) is -0.937. The van der Waals surface area contributed by atoms with Crippen molar-refractivity contribution < 1.29 is 23.0 Å². The van der Waals surface area contributed by atoms with Gasteiger partial charge in [0.2, 0.25) is 5.88 Å². The largest absolute Gasteiger partial charge is 0.480 e. The fraction of sp³-hybridized carbons (Fsp3) is 0.417. The smallest absolute Gasteiger partial charge is 0.310 e. The van der Waals surface area contributed by atoms with E-state index in [0.717, 1.165) is 6.20 Å². The molecule has 0 unspecified atom stereocenters. The number of hydrogen-bond donors (Lipinski definition) is 0. The molecular formula is C12H12F2N2O3. The van der Waals surface area contributed by atoms with E-state index in [1.165, 1.54) is 7.11 Å². The maximum atomic E-state index is 13.0. The Morgan fingerprint density at radius 1 is 1.58 bits per heavy atom. The first kappa shape index (κ1) is 14.8. The van der Waals surface area contributed by atoms with Crippen LogP contribution >= 0.6 is 0 Å². The molecule has 0 N–H and O–H groups in total. The molecule has 0 aliphatic heterocycles. The van der Waals surface area contributed by atoms with Gasteiger partial charge < -0.3 is 9.47 Å². The molecule has 0 saturated heterocycles. The minimum atomic E-state index is -2.91. The van der Waals surface area contributed by atoms with Gasteiger partial charge in [0.05, 0.1) is 20.1 Å². The number of esters is 1. The van der Waals surface area contributed by atoms with Crippen LogP contribution in [0, 0.1) is 11.3 Å². The van der Waals surface area contributed by atoms with Crippen LogP contribution in [-0.4, -0.2) is 24.7 Å². The van der Waals surface area contributed by atoms with Gasteiger partial charge in [-0.05, 0) is 12.5 Å². The van der Waals surface area contributed by atoms with Crippen molar-refractivity contribution in [3.8, 4) is 11.9 Å². The van der Waals surface area contributed by atoms with Crippen LogP contribution in [-0.2, 0) is 16.0 Å². The van der Waals surface area contributed by atoms with Crippen molar-refractivity contribution >= 4 is 5.97 Å². The molecule has 5 nitrogen and oxygen atoms in total. The first-order valence-corrected chi connectivity index (χ1v) is 5.44. The number of nitrogens with zero attached hydrogens (tertiary/aromatic N) is 2. The summed E-state index contributed by atoms with van der Waals surface area (Å²) in [4.78, 5) is 15.1. The van der Waals surface area contributed by atoms with Crippen LogP contribution in [0.2, 0.25) is 0 Å². The van der Waals surface area contributed by atoms with Gasteiger partial charge in [0, 0.05) is 11.8 Å². The number of methoxy groups -OCH3 is 1. The van der Waals surface area contributed by atoms with Crippen molar-refractivity contribution in [3.05, 3.63) is 22.9 Å². The maximum Gasteiger partial charge on any atom is 0.310 e. The van der Waals surface area contributed by atoms with E-state index < -0.39 is 18.0 Å². The van der Waals surface area contributed by atoms with Crippen LogP contribution in [0.25, 0.3) is 0 Å². The van der Waals surface area contributed by atoms with Gasteiger partial charge in [-0.15, -0.1) is 0 Å². The number of alkyl halides is 2. The van der Waals surface area contributed by atoms with Crippen molar-refractivity contribution in [3.63, 3.8) is 0 Å². The summed E-state index contributed by atoms with van der Waals surface area (Å²) in [6.45, 7) is 1.76. The second-order valence-corrected chi connectivity index (χ2v) is 3.48. The van der Waals surface area contributed by atoms with Gasteiger partial charge in [-0.1, -0.05) is 0 Å². The quantitative estimate of drug-likeness (QED) is 0.765. The Labute approximate surface area is 108 Å². The summed E-state index contributed by atoms with van der Waals surface area (Å²) < 4.78 is 35.5. The second-order valence-electron chi connectivity index (χ2n) is 3.48. The number of pyridine rings is 1. The molecule has 0 amide bonds. The summed E-state index contributed by atoms with van der Waals surface area (Å²) in [6, 6.07) is 1.62. The Hall–Kier alpha value is -2.23. The lowest BCUT2D eigenvalue weighted by atomic mass is 10.0. The molecule has 0 spiro atoms. The molecule has 0 radical (unpaired) electrons.